The molecule has 1 heterocycles. The van der Waals surface area contributed by atoms with Crippen molar-refractivity contribution < 1.29 is 9.47 Å². The summed E-state index contributed by atoms with van der Waals surface area (Å²) in [6.45, 7) is 3.99. The first kappa shape index (κ1) is 14.7. The molecular weight excluding hydrogens is 274 g/mol. The van der Waals surface area contributed by atoms with Crippen molar-refractivity contribution in [1.82, 2.24) is 15.5 Å². The monoisotopic (exact) mass is 293 g/mol. The van der Waals surface area contributed by atoms with Crippen molar-refractivity contribution in [2.45, 2.75) is 13.3 Å². The highest BCUT2D eigenvalue weighted by atomic mass is 32.1. The van der Waals surface area contributed by atoms with Gasteiger partial charge < -0.3 is 14.8 Å². The Hall–Kier alpha value is -1.66. The van der Waals surface area contributed by atoms with Gasteiger partial charge in [-0.05, 0) is 24.7 Å². The van der Waals surface area contributed by atoms with E-state index in [1.807, 2.05) is 18.2 Å². The predicted octanol–water partition coefficient (Wildman–Crippen LogP) is 2.37. The second-order valence-electron chi connectivity index (χ2n) is 4.17. The van der Waals surface area contributed by atoms with Crippen LogP contribution in [-0.2, 0) is 6.42 Å². The first-order valence-corrected chi connectivity index (χ1v) is 7.35. The molecule has 108 valence electrons. The zero-order valence-corrected chi connectivity index (χ0v) is 12.8. The van der Waals surface area contributed by atoms with E-state index in [4.69, 9.17) is 9.47 Å². The van der Waals surface area contributed by atoms with Crippen LogP contribution in [0.1, 0.15) is 11.9 Å². The summed E-state index contributed by atoms with van der Waals surface area (Å²) in [4.78, 5) is 0. The van der Waals surface area contributed by atoms with Gasteiger partial charge in [0.05, 0.1) is 14.2 Å². The maximum Gasteiger partial charge on any atom is 0.161 e. The minimum atomic E-state index is 0.703. The summed E-state index contributed by atoms with van der Waals surface area (Å²) in [5.74, 6) is 1.42. The Balaban J connectivity index is 2.15. The van der Waals surface area contributed by atoms with Crippen molar-refractivity contribution >= 4 is 11.3 Å². The van der Waals surface area contributed by atoms with Crippen LogP contribution in [0, 0.1) is 0 Å². The van der Waals surface area contributed by atoms with Gasteiger partial charge in [-0.15, -0.1) is 10.2 Å². The molecule has 1 aromatic carbocycles. The van der Waals surface area contributed by atoms with Crippen molar-refractivity contribution in [3.63, 3.8) is 0 Å². The highest BCUT2D eigenvalue weighted by Gasteiger charge is 2.10. The second-order valence-corrected chi connectivity index (χ2v) is 5.24. The lowest BCUT2D eigenvalue weighted by molar-refractivity contribution is 0.355. The highest BCUT2D eigenvalue weighted by molar-refractivity contribution is 7.14. The molecule has 6 heteroatoms. The number of rotatable bonds is 7. The molecule has 0 saturated carbocycles. The zero-order chi connectivity index (χ0) is 14.4. The van der Waals surface area contributed by atoms with Crippen LogP contribution in [0.15, 0.2) is 18.2 Å². The van der Waals surface area contributed by atoms with Crippen molar-refractivity contribution in [3.05, 3.63) is 23.2 Å². The molecule has 0 radical (unpaired) electrons. The average molecular weight is 293 g/mol. The van der Waals surface area contributed by atoms with Crippen molar-refractivity contribution in [1.29, 1.82) is 0 Å². The van der Waals surface area contributed by atoms with E-state index in [1.54, 1.807) is 25.6 Å². The molecule has 20 heavy (non-hydrogen) atoms. The Morgan fingerprint density at radius 2 is 1.95 bits per heavy atom. The SMILES string of the molecule is CCNCCc1nnc(-c2ccc(OC)c(OC)c2)s1. The van der Waals surface area contributed by atoms with Gasteiger partial charge >= 0.3 is 0 Å². The van der Waals surface area contributed by atoms with E-state index in [-0.39, 0.29) is 0 Å². The molecule has 0 spiro atoms. The van der Waals surface area contributed by atoms with Gasteiger partial charge in [-0.3, -0.25) is 0 Å². The standard InChI is InChI=1S/C14H19N3O2S/c1-4-15-8-7-13-16-17-14(20-13)10-5-6-11(18-2)12(9-10)19-3/h5-6,9,15H,4,7-8H2,1-3H3. The minimum absolute atomic E-state index is 0.703. The summed E-state index contributed by atoms with van der Waals surface area (Å²) >= 11 is 1.61. The van der Waals surface area contributed by atoms with Crippen LogP contribution in [0.25, 0.3) is 10.6 Å². The zero-order valence-electron chi connectivity index (χ0n) is 12.0. The number of likely N-dealkylation sites (N-methyl/N-ethyl adjacent to an activating group) is 1. The molecule has 2 rings (SSSR count). The maximum absolute atomic E-state index is 5.31. The van der Waals surface area contributed by atoms with Crippen molar-refractivity contribution in [2.24, 2.45) is 0 Å². The molecule has 0 saturated heterocycles. The van der Waals surface area contributed by atoms with Crippen LogP contribution in [0.5, 0.6) is 11.5 Å². The van der Waals surface area contributed by atoms with E-state index in [0.717, 1.165) is 35.1 Å². The molecule has 0 fully saturated rings. The molecule has 1 aromatic heterocycles. The van der Waals surface area contributed by atoms with Gasteiger partial charge in [-0.1, -0.05) is 18.3 Å². The van der Waals surface area contributed by atoms with Crippen LogP contribution in [0.4, 0.5) is 0 Å². The molecule has 0 atom stereocenters. The maximum atomic E-state index is 5.31. The summed E-state index contributed by atoms with van der Waals surface area (Å²) in [5, 5.41) is 13.7. The highest BCUT2D eigenvalue weighted by Crippen LogP contribution is 2.33. The second kappa shape index (κ2) is 7.21. The summed E-state index contributed by atoms with van der Waals surface area (Å²) < 4.78 is 10.5. The summed E-state index contributed by atoms with van der Waals surface area (Å²) in [6, 6.07) is 5.78. The Bertz CT molecular complexity index is 557. The van der Waals surface area contributed by atoms with Gasteiger partial charge in [-0.25, -0.2) is 0 Å². The van der Waals surface area contributed by atoms with E-state index in [0.29, 0.717) is 11.5 Å². The third kappa shape index (κ3) is 3.46. The number of hydrogen-bond donors (Lipinski definition) is 1. The van der Waals surface area contributed by atoms with E-state index >= 15 is 0 Å². The number of nitrogens with zero attached hydrogens (tertiary/aromatic N) is 2. The summed E-state index contributed by atoms with van der Waals surface area (Å²) in [6.07, 6.45) is 0.902. The largest absolute Gasteiger partial charge is 0.493 e. The van der Waals surface area contributed by atoms with Crippen molar-refractivity contribution in [3.8, 4) is 22.1 Å². The molecule has 5 nitrogen and oxygen atoms in total. The van der Waals surface area contributed by atoms with Gasteiger partial charge in [0.25, 0.3) is 0 Å². The molecule has 0 amide bonds. The first-order chi connectivity index (χ1) is 9.78. The molecule has 0 unspecified atom stereocenters. The average Bonchev–Trinajstić information content (AvgIpc) is 2.95. The first-order valence-electron chi connectivity index (χ1n) is 6.54. The van der Waals surface area contributed by atoms with Gasteiger partial charge in [0.2, 0.25) is 0 Å². The third-order valence-electron chi connectivity index (χ3n) is 2.86. The molecule has 0 bridgehead atoms. The lowest BCUT2D eigenvalue weighted by Gasteiger charge is -2.07. The number of methoxy groups -OCH3 is 2. The van der Waals surface area contributed by atoms with Gasteiger partial charge in [-0.2, -0.15) is 0 Å². The van der Waals surface area contributed by atoms with E-state index in [2.05, 4.69) is 22.4 Å². The fourth-order valence-electron chi connectivity index (χ4n) is 1.81. The normalized spacial score (nSPS) is 10.6. The number of ether oxygens (including phenoxy) is 2. The van der Waals surface area contributed by atoms with Crippen LogP contribution < -0.4 is 14.8 Å². The number of nitrogens with one attached hydrogen (secondary N) is 1. The molecule has 1 N–H and O–H groups in total. The van der Waals surface area contributed by atoms with Gasteiger partial charge in [0, 0.05) is 18.5 Å². The van der Waals surface area contributed by atoms with Gasteiger partial charge in [0.15, 0.2) is 11.5 Å². The predicted molar refractivity (Wildman–Crippen MR) is 80.7 cm³/mol. The summed E-state index contributed by atoms with van der Waals surface area (Å²) in [5.41, 5.74) is 0.995. The quantitative estimate of drug-likeness (QED) is 0.794. The molecule has 0 aliphatic carbocycles. The Morgan fingerprint density at radius 1 is 1.15 bits per heavy atom. The lowest BCUT2D eigenvalue weighted by atomic mass is 10.2. The molecular formula is C14H19N3O2S. The van der Waals surface area contributed by atoms with Gasteiger partial charge in [0.1, 0.15) is 10.0 Å². The lowest BCUT2D eigenvalue weighted by Crippen LogP contribution is -2.15. The Kier molecular flexibility index (Phi) is 5.31. The molecule has 0 aliphatic heterocycles. The fourth-order valence-corrected chi connectivity index (χ4v) is 2.65. The van der Waals surface area contributed by atoms with Crippen LogP contribution >= 0.6 is 11.3 Å². The molecule has 2 aromatic rings. The van der Waals surface area contributed by atoms with Crippen LogP contribution in [0.3, 0.4) is 0 Å². The van der Waals surface area contributed by atoms with Crippen LogP contribution in [-0.4, -0.2) is 37.5 Å². The Morgan fingerprint density at radius 3 is 2.65 bits per heavy atom. The fraction of sp³-hybridized carbons (Fsp3) is 0.429. The van der Waals surface area contributed by atoms with Crippen LogP contribution in [0.2, 0.25) is 0 Å². The topological polar surface area (TPSA) is 56.3 Å². The van der Waals surface area contributed by atoms with E-state index < -0.39 is 0 Å². The van der Waals surface area contributed by atoms with Crippen molar-refractivity contribution in [2.75, 3.05) is 27.3 Å². The summed E-state index contributed by atoms with van der Waals surface area (Å²) in [7, 11) is 3.25. The van der Waals surface area contributed by atoms with E-state index in [9.17, 15) is 0 Å². The smallest absolute Gasteiger partial charge is 0.161 e. The Labute approximate surface area is 123 Å². The molecule has 0 aliphatic rings. The number of hydrogen-bond acceptors (Lipinski definition) is 6. The number of benzene rings is 1. The minimum Gasteiger partial charge on any atom is -0.493 e. The third-order valence-corrected chi connectivity index (χ3v) is 3.90. The number of aromatic nitrogens is 2. The van der Waals surface area contributed by atoms with E-state index in [1.165, 1.54) is 0 Å².